The van der Waals surface area contributed by atoms with Gasteiger partial charge in [-0.3, -0.25) is 4.79 Å². The predicted molar refractivity (Wildman–Crippen MR) is 31.4 cm³/mol. The quantitative estimate of drug-likeness (QED) is 0.292. The molecule has 2 nitrogen and oxygen atoms in total. The SMILES string of the molecule is CC1CN1/C=C/C=O. The average molecular weight is 111 g/mol. The van der Waals surface area contributed by atoms with Gasteiger partial charge in [0.1, 0.15) is 6.29 Å². The van der Waals surface area contributed by atoms with E-state index in [4.69, 9.17) is 0 Å². The van der Waals surface area contributed by atoms with Crippen LogP contribution in [0.2, 0.25) is 0 Å². The number of aldehydes is 1. The zero-order valence-corrected chi connectivity index (χ0v) is 4.87. The first-order valence-corrected chi connectivity index (χ1v) is 2.72. The molecule has 0 N–H and O–H groups in total. The smallest absolute Gasteiger partial charge is 0.144 e. The molecule has 44 valence electrons. The molecule has 1 unspecified atom stereocenters. The van der Waals surface area contributed by atoms with Crippen LogP contribution in [-0.2, 0) is 4.79 Å². The van der Waals surface area contributed by atoms with Gasteiger partial charge in [0.25, 0.3) is 0 Å². The highest BCUT2D eigenvalue weighted by atomic mass is 16.1. The third-order valence-electron chi connectivity index (χ3n) is 1.26. The van der Waals surface area contributed by atoms with Gasteiger partial charge >= 0.3 is 0 Å². The minimum atomic E-state index is 0.659. The van der Waals surface area contributed by atoms with Crippen molar-refractivity contribution in [1.29, 1.82) is 0 Å². The minimum absolute atomic E-state index is 0.659. The number of allylic oxidation sites excluding steroid dienone is 1. The van der Waals surface area contributed by atoms with Crippen molar-refractivity contribution in [3.8, 4) is 0 Å². The third kappa shape index (κ3) is 1.09. The van der Waals surface area contributed by atoms with Crippen molar-refractivity contribution in [3.63, 3.8) is 0 Å². The molecule has 0 aliphatic carbocycles. The Morgan fingerprint density at radius 1 is 1.75 bits per heavy atom. The molecular weight excluding hydrogens is 102 g/mol. The highest BCUT2D eigenvalue weighted by Crippen LogP contribution is 2.14. The van der Waals surface area contributed by atoms with Crippen molar-refractivity contribution in [2.45, 2.75) is 13.0 Å². The van der Waals surface area contributed by atoms with E-state index in [1.165, 1.54) is 6.08 Å². The van der Waals surface area contributed by atoms with Gasteiger partial charge in [-0.1, -0.05) is 0 Å². The maximum atomic E-state index is 9.73. The Kier molecular flexibility index (Phi) is 1.33. The molecule has 0 bridgehead atoms. The van der Waals surface area contributed by atoms with Crippen molar-refractivity contribution < 1.29 is 4.79 Å². The van der Waals surface area contributed by atoms with Crippen molar-refractivity contribution in [2.75, 3.05) is 6.54 Å². The minimum Gasteiger partial charge on any atom is -0.371 e. The van der Waals surface area contributed by atoms with Gasteiger partial charge in [-0.25, -0.2) is 0 Å². The molecule has 0 amide bonds. The van der Waals surface area contributed by atoms with E-state index in [9.17, 15) is 4.79 Å². The molecule has 1 heterocycles. The zero-order valence-electron chi connectivity index (χ0n) is 4.87. The number of nitrogens with zero attached hydrogens (tertiary/aromatic N) is 1. The molecule has 0 radical (unpaired) electrons. The second-order valence-electron chi connectivity index (χ2n) is 2.02. The summed E-state index contributed by atoms with van der Waals surface area (Å²) in [6.45, 7) is 3.22. The molecule has 1 aliphatic rings. The van der Waals surface area contributed by atoms with Crippen LogP contribution in [0.1, 0.15) is 6.92 Å². The lowest BCUT2D eigenvalue weighted by Crippen LogP contribution is -1.85. The van der Waals surface area contributed by atoms with Gasteiger partial charge in [-0.2, -0.15) is 0 Å². The van der Waals surface area contributed by atoms with E-state index in [0.717, 1.165) is 12.8 Å². The molecule has 2 heteroatoms. The molecule has 0 spiro atoms. The van der Waals surface area contributed by atoms with Crippen molar-refractivity contribution in [2.24, 2.45) is 0 Å². The average Bonchev–Trinajstić information content (AvgIpc) is 2.42. The first kappa shape index (κ1) is 5.35. The van der Waals surface area contributed by atoms with E-state index in [-0.39, 0.29) is 0 Å². The molecule has 0 aromatic rings. The van der Waals surface area contributed by atoms with Gasteiger partial charge in [0, 0.05) is 18.8 Å². The summed E-state index contributed by atoms with van der Waals surface area (Å²) in [6.07, 6.45) is 4.13. The summed E-state index contributed by atoms with van der Waals surface area (Å²) in [4.78, 5) is 11.8. The molecular formula is C6H9NO. The summed E-state index contributed by atoms with van der Waals surface area (Å²) in [5.74, 6) is 0. The van der Waals surface area contributed by atoms with Gasteiger partial charge in [0.05, 0.1) is 0 Å². The van der Waals surface area contributed by atoms with Gasteiger partial charge in [0.2, 0.25) is 0 Å². The van der Waals surface area contributed by atoms with Crippen LogP contribution >= 0.6 is 0 Å². The van der Waals surface area contributed by atoms with E-state index in [0.29, 0.717) is 6.04 Å². The van der Waals surface area contributed by atoms with Crippen molar-refractivity contribution in [1.82, 2.24) is 4.90 Å². The lowest BCUT2D eigenvalue weighted by atomic mass is 10.6. The van der Waals surface area contributed by atoms with Crippen molar-refractivity contribution in [3.05, 3.63) is 12.3 Å². The maximum Gasteiger partial charge on any atom is 0.144 e. The Morgan fingerprint density at radius 2 is 2.38 bits per heavy atom. The monoisotopic (exact) mass is 111 g/mol. The lowest BCUT2D eigenvalue weighted by molar-refractivity contribution is -0.104. The second-order valence-corrected chi connectivity index (χ2v) is 2.02. The lowest BCUT2D eigenvalue weighted by Gasteiger charge is -1.86. The van der Waals surface area contributed by atoms with Crippen LogP contribution in [0.5, 0.6) is 0 Å². The number of hydrogen-bond acceptors (Lipinski definition) is 2. The first-order chi connectivity index (χ1) is 3.84. The maximum absolute atomic E-state index is 9.73. The second kappa shape index (κ2) is 1.99. The molecule has 0 saturated carbocycles. The van der Waals surface area contributed by atoms with Gasteiger partial charge < -0.3 is 4.90 Å². The predicted octanol–water partition coefficient (Wildman–Crippen LogP) is 0.403. The molecule has 8 heavy (non-hydrogen) atoms. The van der Waals surface area contributed by atoms with Gasteiger partial charge in [-0.05, 0) is 13.0 Å². The molecule has 0 aromatic carbocycles. The molecule has 1 atom stereocenters. The Labute approximate surface area is 48.8 Å². The van der Waals surface area contributed by atoms with Crippen LogP contribution in [0.3, 0.4) is 0 Å². The number of carbonyl (C=O) groups excluding carboxylic acids is 1. The Hall–Kier alpha value is -0.790. The molecule has 0 aromatic heterocycles. The third-order valence-corrected chi connectivity index (χ3v) is 1.26. The highest BCUT2D eigenvalue weighted by Gasteiger charge is 2.24. The van der Waals surface area contributed by atoms with E-state index < -0.39 is 0 Å². The fraction of sp³-hybridized carbons (Fsp3) is 0.500. The molecule has 1 aliphatic heterocycles. The number of rotatable bonds is 2. The summed E-state index contributed by atoms with van der Waals surface area (Å²) in [5.41, 5.74) is 0. The van der Waals surface area contributed by atoms with E-state index >= 15 is 0 Å². The number of carbonyl (C=O) groups is 1. The summed E-state index contributed by atoms with van der Waals surface area (Å²) < 4.78 is 0. The fourth-order valence-electron chi connectivity index (χ4n) is 0.611. The molecule has 1 saturated heterocycles. The van der Waals surface area contributed by atoms with Crippen LogP contribution in [0.4, 0.5) is 0 Å². The van der Waals surface area contributed by atoms with Crippen LogP contribution in [0.25, 0.3) is 0 Å². The summed E-state index contributed by atoms with van der Waals surface area (Å²) in [6, 6.07) is 0.659. The summed E-state index contributed by atoms with van der Waals surface area (Å²) >= 11 is 0. The van der Waals surface area contributed by atoms with Crippen LogP contribution in [0.15, 0.2) is 12.3 Å². The zero-order chi connectivity index (χ0) is 5.98. The topological polar surface area (TPSA) is 20.1 Å². The summed E-state index contributed by atoms with van der Waals surface area (Å²) in [5, 5.41) is 0. The van der Waals surface area contributed by atoms with Crippen LogP contribution < -0.4 is 0 Å². The Balaban J connectivity index is 2.21. The van der Waals surface area contributed by atoms with Crippen LogP contribution in [-0.4, -0.2) is 23.8 Å². The van der Waals surface area contributed by atoms with E-state index in [2.05, 4.69) is 11.8 Å². The van der Waals surface area contributed by atoms with E-state index in [1.807, 2.05) is 6.20 Å². The fourth-order valence-corrected chi connectivity index (χ4v) is 0.611. The Morgan fingerprint density at radius 3 is 2.75 bits per heavy atom. The Bertz CT molecular complexity index is 120. The summed E-state index contributed by atoms with van der Waals surface area (Å²) in [7, 11) is 0. The number of hydrogen-bond donors (Lipinski definition) is 0. The van der Waals surface area contributed by atoms with Gasteiger partial charge in [0.15, 0.2) is 0 Å². The van der Waals surface area contributed by atoms with Gasteiger partial charge in [-0.15, -0.1) is 0 Å². The highest BCUT2D eigenvalue weighted by molar-refractivity contribution is 5.64. The largest absolute Gasteiger partial charge is 0.371 e. The standard InChI is InChI=1S/C6H9NO/c1-6-5-7(6)3-2-4-8/h2-4,6H,5H2,1H3/b3-2+. The van der Waals surface area contributed by atoms with Crippen LogP contribution in [0, 0.1) is 0 Å². The normalized spacial score (nSPS) is 26.6. The first-order valence-electron chi connectivity index (χ1n) is 2.72. The molecule has 1 rings (SSSR count). The van der Waals surface area contributed by atoms with Crippen molar-refractivity contribution >= 4 is 6.29 Å². The van der Waals surface area contributed by atoms with E-state index in [1.54, 1.807) is 0 Å². The molecule has 1 fully saturated rings.